The first-order valence-electron chi connectivity index (χ1n) is 14.9. The van der Waals surface area contributed by atoms with Crippen molar-refractivity contribution in [2.24, 2.45) is 0 Å². The van der Waals surface area contributed by atoms with Gasteiger partial charge in [-0.25, -0.2) is 0 Å². The lowest BCUT2D eigenvalue weighted by molar-refractivity contribution is -0.140. The molecule has 0 spiro atoms. The number of rotatable bonds is 12. The molecule has 2 aromatic carbocycles. The molecule has 2 aromatic rings. The van der Waals surface area contributed by atoms with Crippen molar-refractivity contribution >= 4 is 17.4 Å². The van der Waals surface area contributed by atoms with E-state index in [0.29, 0.717) is 86.7 Å². The van der Waals surface area contributed by atoms with Crippen molar-refractivity contribution in [2.75, 3.05) is 65.8 Å². The number of benzene rings is 2. The highest BCUT2D eigenvalue weighted by Crippen LogP contribution is 2.43. The summed E-state index contributed by atoms with van der Waals surface area (Å²) in [5.41, 5.74) is 1.07. The van der Waals surface area contributed by atoms with E-state index in [4.69, 9.17) is 23.7 Å². The summed E-state index contributed by atoms with van der Waals surface area (Å²) >= 11 is 0. The number of likely N-dealkylation sites (tertiary alicyclic amines) is 1. The van der Waals surface area contributed by atoms with Gasteiger partial charge in [0.25, 0.3) is 11.7 Å². The van der Waals surface area contributed by atoms with Crippen molar-refractivity contribution in [1.82, 2.24) is 9.80 Å². The Morgan fingerprint density at radius 3 is 2.45 bits per heavy atom. The summed E-state index contributed by atoms with van der Waals surface area (Å²) in [7, 11) is 0. The summed E-state index contributed by atoms with van der Waals surface area (Å²) in [6, 6.07) is 9.68. The van der Waals surface area contributed by atoms with Crippen molar-refractivity contribution in [3.63, 3.8) is 0 Å². The molecular formula is C32H40N2O8. The monoisotopic (exact) mass is 580 g/mol. The van der Waals surface area contributed by atoms with E-state index in [1.165, 1.54) is 0 Å². The summed E-state index contributed by atoms with van der Waals surface area (Å²) in [5, 5.41) is 11.6. The molecule has 226 valence electrons. The van der Waals surface area contributed by atoms with Gasteiger partial charge >= 0.3 is 0 Å². The van der Waals surface area contributed by atoms with Crippen LogP contribution in [0.4, 0.5) is 0 Å². The third-order valence-electron chi connectivity index (χ3n) is 7.67. The molecule has 0 radical (unpaired) electrons. The first kappa shape index (κ1) is 29.7. The molecule has 3 heterocycles. The minimum absolute atomic E-state index is 0.0325. The summed E-state index contributed by atoms with van der Waals surface area (Å²) in [5.74, 6) is 0.566. The van der Waals surface area contributed by atoms with Crippen LogP contribution in [0.3, 0.4) is 0 Å². The second-order valence-corrected chi connectivity index (χ2v) is 10.5. The lowest BCUT2D eigenvalue weighted by atomic mass is 9.94. The van der Waals surface area contributed by atoms with Crippen molar-refractivity contribution < 1.29 is 38.4 Å². The SMILES string of the molecule is CCCCOc1ccc([C@@H]2C(=C(O)c3ccc4c(c3)OCCO4)C(=O)C(=O)N2CCCN2CCOCC2)cc1OCC. The average molecular weight is 581 g/mol. The number of aliphatic hydroxyl groups excluding tert-OH is 1. The second-order valence-electron chi connectivity index (χ2n) is 10.5. The fourth-order valence-electron chi connectivity index (χ4n) is 5.50. The van der Waals surface area contributed by atoms with Gasteiger partial charge in [-0.2, -0.15) is 0 Å². The number of fused-ring (bicyclic) bond motifs is 1. The summed E-state index contributed by atoms with van der Waals surface area (Å²) in [6.07, 6.45) is 2.58. The van der Waals surface area contributed by atoms with Gasteiger partial charge in [0.1, 0.15) is 19.0 Å². The van der Waals surface area contributed by atoms with E-state index in [1.807, 2.05) is 25.1 Å². The quantitative estimate of drug-likeness (QED) is 0.171. The van der Waals surface area contributed by atoms with Crippen molar-refractivity contribution in [3.8, 4) is 23.0 Å². The molecule has 1 amide bonds. The zero-order valence-electron chi connectivity index (χ0n) is 24.4. The number of aliphatic hydroxyl groups is 1. The first-order chi connectivity index (χ1) is 20.5. The van der Waals surface area contributed by atoms with Crippen LogP contribution in [0.2, 0.25) is 0 Å². The zero-order valence-corrected chi connectivity index (χ0v) is 24.4. The Bertz CT molecular complexity index is 1300. The number of morpholine rings is 1. The number of unbranched alkanes of at least 4 members (excludes halogenated alkanes) is 1. The summed E-state index contributed by atoms with van der Waals surface area (Å²) in [6.45, 7) is 9.96. The predicted molar refractivity (Wildman–Crippen MR) is 156 cm³/mol. The van der Waals surface area contributed by atoms with Gasteiger partial charge in [-0.15, -0.1) is 0 Å². The number of hydrogen-bond donors (Lipinski definition) is 1. The Balaban J connectivity index is 1.51. The Morgan fingerprint density at radius 2 is 1.69 bits per heavy atom. The highest BCUT2D eigenvalue weighted by atomic mass is 16.6. The maximum absolute atomic E-state index is 13.6. The molecule has 0 bridgehead atoms. The topological polar surface area (TPSA) is 107 Å². The van der Waals surface area contributed by atoms with E-state index in [2.05, 4.69) is 11.8 Å². The lowest BCUT2D eigenvalue weighted by Crippen LogP contribution is -2.39. The van der Waals surface area contributed by atoms with Gasteiger partial charge in [0.15, 0.2) is 23.0 Å². The van der Waals surface area contributed by atoms with E-state index in [-0.39, 0.29) is 11.3 Å². The van der Waals surface area contributed by atoms with E-state index in [9.17, 15) is 14.7 Å². The molecule has 2 fully saturated rings. The number of nitrogens with zero attached hydrogens (tertiary/aromatic N) is 2. The Kier molecular flexibility index (Phi) is 9.86. The van der Waals surface area contributed by atoms with Crippen molar-refractivity contribution in [2.45, 2.75) is 39.2 Å². The Labute approximate surface area is 246 Å². The number of amides is 1. The van der Waals surface area contributed by atoms with Gasteiger partial charge in [-0.05, 0) is 55.7 Å². The third kappa shape index (κ3) is 6.50. The molecule has 0 aromatic heterocycles. The minimum Gasteiger partial charge on any atom is -0.507 e. The number of carbonyl (C=O) groups is 2. The van der Waals surface area contributed by atoms with Crippen LogP contribution < -0.4 is 18.9 Å². The zero-order chi connectivity index (χ0) is 29.5. The fourth-order valence-corrected chi connectivity index (χ4v) is 5.50. The van der Waals surface area contributed by atoms with Crippen molar-refractivity contribution in [1.29, 1.82) is 0 Å². The number of Topliss-reactive ketones (excluding diaryl/α,β-unsaturated/α-hetero) is 1. The van der Waals surface area contributed by atoms with Crippen molar-refractivity contribution in [3.05, 3.63) is 53.1 Å². The fraction of sp³-hybridized carbons (Fsp3) is 0.500. The molecular weight excluding hydrogens is 540 g/mol. The van der Waals surface area contributed by atoms with Gasteiger partial charge in [0.2, 0.25) is 0 Å². The molecule has 42 heavy (non-hydrogen) atoms. The van der Waals surface area contributed by atoms with Gasteiger partial charge in [0.05, 0.1) is 38.0 Å². The standard InChI is InChI=1S/C32H40N2O8/c1-3-5-15-40-24-9-7-22(20-26(24)39-4-2)29-28(30(35)23-8-10-25-27(21-23)42-19-18-41-25)31(36)32(37)34(29)12-6-11-33-13-16-38-17-14-33/h7-10,20-21,29,35H,3-6,11-19H2,1-2H3/t29-/m1/s1. The van der Waals surface area contributed by atoms with Crippen LogP contribution in [0.25, 0.3) is 5.76 Å². The average Bonchev–Trinajstić information content (AvgIpc) is 3.27. The largest absolute Gasteiger partial charge is 0.507 e. The van der Waals surface area contributed by atoms with Gasteiger partial charge in [-0.3, -0.25) is 14.5 Å². The highest BCUT2D eigenvalue weighted by Gasteiger charge is 2.46. The normalized spacial score (nSPS) is 20.1. The van der Waals surface area contributed by atoms with Crippen LogP contribution in [-0.4, -0.2) is 92.4 Å². The molecule has 10 heteroatoms. The van der Waals surface area contributed by atoms with E-state index in [0.717, 1.165) is 32.5 Å². The molecule has 1 atom stereocenters. The molecule has 3 aliphatic rings. The summed E-state index contributed by atoms with van der Waals surface area (Å²) < 4.78 is 28.7. The van der Waals surface area contributed by atoms with Crippen LogP contribution >= 0.6 is 0 Å². The molecule has 5 rings (SSSR count). The number of ether oxygens (including phenoxy) is 5. The van der Waals surface area contributed by atoms with Crippen LogP contribution in [0.5, 0.6) is 23.0 Å². The maximum Gasteiger partial charge on any atom is 0.295 e. The molecule has 0 aliphatic carbocycles. The smallest absolute Gasteiger partial charge is 0.295 e. The molecule has 0 unspecified atom stereocenters. The van der Waals surface area contributed by atoms with E-state index < -0.39 is 17.7 Å². The molecule has 2 saturated heterocycles. The van der Waals surface area contributed by atoms with Crippen LogP contribution in [0.15, 0.2) is 42.0 Å². The number of ketones is 1. The van der Waals surface area contributed by atoms with E-state index in [1.54, 1.807) is 23.1 Å². The van der Waals surface area contributed by atoms with Crippen LogP contribution in [0.1, 0.15) is 50.3 Å². The maximum atomic E-state index is 13.6. The van der Waals surface area contributed by atoms with Gasteiger partial charge in [0, 0.05) is 31.7 Å². The summed E-state index contributed by atoms with van der Waals surface area (Å²) in [4.78, 5) is 30.9. The molecule has 0 saturated carbocycles. The molecule has 1 N–H and O–H groups in total. The van der Waals surface area contributed by atoms with E-state index >= 15 is 0 Å². The number of carbonyl (C=O) groups excluding carboxylic acids is 2. The predicted octanol–water partition coefficient (Wildman–Crippen LogP) is 4.18. The van der Waals surface area contributed by atoms with Crippen LogP contribution in [0, 0.1) is 0 Å². The highest BCUT2D eigenvalue weighted by molar-refractivity contribution is 6.46. The van der Waals surface area contributed by atoms with Crippen LogP contribution in [-0.2, 0) is 14.3 Å². The minimum atomic E-state index is -0.799. The molecule has 3 aliphatic heterocycles. The Morgan fingerprint density at radius 1 is 0.905 bits per heavy atom. The lowest BCUT2D eigenvalue weighted by Gasteiger charge is -2.29. The van der Waals surface area contributed by atoms with Gasteiger partial charge < -0.3 is 33.7 Å². The first-order valence-corrected chi connectivity index (χ1v) is 14.9. The molecule has 10 nitrogen and oxygen atoms in total. The number of hydrogen-bond acceptors (Lipinski definition) is 9. The second kappa shape index (κ2) is 13.9. The van der Waals surface area contributed by atoms with Gasteiger partial charge in [-0.1, -0.05) is 19.4 Å². The third-order valence-corrected chi connectivity index (χ3v) is 7.67. The Hall–Kier alpha value is -3.76.